The van der Waals surface area contributed by atoms with Crippen LogP contribution in [0.2, 0.25) is 0 Å². The lowest BCUT2D eigenvalue weighted by Gasteiger charge is -2.28. The van der Waals surface area contributed by atoms with E-state index in [4.69, 9.17) is 9.15 Å². The maximum atomic E-state index is 5.53. The van der Waals surface area contributed by atoms with Crippen molar-refractivity contribution in [2.75, 3.05) is 13.7 Å². The SMILES string of the molecule is CCNC(c1ccco1)C(OC)C(C)C. The summed E-state index contributed by atoms with van der Waals surface area (Å²) in [5.41, 5.74) is 0. The van der Waals surface area contributed by atoms with E-state index in [9.17, 15) is 0 Å². The predicted molar refractivity (Wildman–Crippen MR) is 60.8 cm³/mol. The minimum Gasteiger partial charge on any atom is -0.468 e. The van der Waals surface area contributed by atoms with Crippen molar-refractivity contribution >= 4 is 0 Å². The smallest absolute Gasteiger partial charge is 0.123 e. The molecule has 0 aromatic carbocycles. The summed E-state index contributed by atoms with van der Waals surface area (Å²) in [5, 5.41) is 3.40. The molecular formula is C12H21NO2. The molecule has 86 valence electrons. The van der Waals surface area contributed by atoms with Gasteiger partial charge < -0.3 is 14.5 Å². The fourth-order valence-electron chi connectivity index (χ4n) is 1.86. The molecule has 0 aliphatic carbocycles. The third-order valence-electron chi connectivity index (χ3n) is 2.53. The van der Waals surface area contributed by atoms with Crippen molar-refractivity contribution in [3.05, 3.63) is 24.2 Å². The lowest BCUT2D eigenvalue weighted by molar-refractivity contribution is 0.0269. The van der Waals surface area contributed by atoms with Crippen LogP contribution < -0.4 is 5.32 Å². The van der Waals surface area contributed by atoms with E-state index in [1.54, 1.807) is 13.4 Å². The molecule has 1 aromatic heterocycles. The van der Waals surface area contributed by atoms with Gasteiger partial charge in [-0.1, -0.05) is 20.8 Å². The van der Waals surface area contributed by atoms with Gasteiger partial charge in [-0.15, -0.1) is 0 Å². The van der Waals surface area contributed by atoms with Crippen molar-refractivity contribution in [3.63, 3.8) is 0 Å². The van der Waals surface area contributed by atoms with Gasteiger partial charge in [-0.25, -0.2) is 0 Å². The summed E-state index contributed by atoms with van der Waals surface area (Å²) < 4.78 is 11.0. The highest BCUT2D eigenvalue weighted by atomic mass is 16.5. The topological polar surface area (TPSA) is 34.4 Å². The van der Waals surface area contributed by atoms with Gasteiger partial charge in [0.1, 0.15) is 5.76 Å². The van der Waals surface area contributed by atoms with Crippen LogP contribution in [0.15, 0.2) is 22.8 Å². The Bertz CT molecular complexity index is 257. The Morgan fingerprint density at radius 2 is 2.20 bits per heavy atom. The van der Waals surface area contributed by atoms with Crippen molar-refractivity contribution in [1.29, 1.82) is 0 Å². The fraction of sp³-hybridized carbons (Fsp3) is 0.667. The normalized spacial score (nSPS) is 15.5. The summed E-state index contributed by atoms with van der Waals surface area (Å²) in [6, 6.07) is 4.03. The second-order valence-corrected chi connectivity index (χ2v) is 4.00. The van der Waals surface area contributed by atoms with E-state index in [1.807, 2.05) is 12.1 Å². The molecule has 1 heterocycles. The molecule has 0 radical (unpaired) electrons. The zero-order chi connectivity index (χ0) is 11.3. The molecule has 0 bridgehead atoms. The van der Waals surface area contributed by atoms with E-state index in [-0.39, 0.29) is 12.1 Å². The van der Waals surface area contributed by atoms with Gasteiger partial charge in [-0.05, 0) is 24.6 Å². The van der Waals surface area contributed by atoms with Crippen LogP contribution in [0.1, 0.15) is 32.6 Å². The lowest BCUT2D eigenvalue weighted by Crippen LogP contribution is -2.36. The molecule has 0 saturated heterocycles. The molecule has 1 aromatic rings. The van der Waals surface area contributed by atoms with Crippen molar-refractivity contribution < 1.29 is 9.15 Å². The summed E-state index contributed by atoms with van der Waals surface area (Å²) >= 11 is 0. The number of nitrogens with one attached hydrogen (secondary N) is 1. The van der Waals surface area contributed by atoms with Gasteiger partial charge in [0.05, 0.1) is 18.4 Å². The predicted octanol–water partition coefficient (Wildman–Crippen LogP) is 2.60. The molecule has 1 N–H and O–H groups in total. The zero-order valence-electron chi connectivity index (χ0n) is 9.99. The Labute approximate surface area is 91.8 Å². The summed E-state index contributed by atoms with van der Waals surface area (Å²) in [6.45, 7) is 7.30. The molecule has 0 saturated carbocycles. The van der Waals surface area contributed by atoms with Crippen LogP contribution >= 0.6 is 0 Å². The van der Waals surface area contributed by atoms with Crippen LogP contribution in [-0.2, 0) is 4.74 Å². The van der Waals surface area contributed by atoms with Crippen molar-refractivity contribution in [3.8, 4) is 0 Å². The van der Waals surface area contributed by atoms with E-state index in [2.05, 4.69) is 26.1 Å². The molecule has 0 spiro atoms. The summed E-state index contributed by atoms with van der Waals surface area (Å²) in [4.78, 5) is 0. The monoisotopic (exact) mass is 211 g/mol. The quantitative estimate of drug-likeness (QED) is 0.785. The van der Waals surface area contributed by atoms with Crippen molar-refractivity contribution in [2.24, 2.45) is 5.92 Å². The number of ether oxygens (including phenoxy) is 1. The van der Waals surface area contributed by atoms with E-state index in [0.717, 1.165) is 12.3 Å². The van der Waals surface area contributed by atoms with Gasteiger partial charge in [0.15, 0.2) is 0 Å². The Kier molecular flexibility index (Phi) is 4.85. The van der Waals surface area contributed by atoms with Gasteiger partial charge in [0.25, 0.3) is 0 Å². The molecule has 1 rings (SSSR count). The molecule has 3 nitrogen and oxygen atoms in total. The Balaban J connectivity index is 2.81. The van der Waals surface area contributed by atoms with Crippen LogP contribution in [0.4, 0.5) is 0 Å². The summed E-state index contributed by atoms with van der Waals surface area (Å²) in [7, 11) is 1.75. The van der Waals surface area contributed by atoms with Crippen molar-refractivity contribution in [2.45, 2.75) is 32.9 Å². The first kappa shape index (κ1) is 12.3. The van der Waals surface area contributed by atoms with Crippen molar-refractivity contribution in [1.82, 2.24) is 5.32 Å². The average Bonchev–Trinajstić information content (AvgIpc) is 2.69. The van der Waals surface area contributed by atoms with Crippen LogP contribution in [-0.4, -0.2) is 19.8 Å². The van der Waals surface area contributed by atoms with Gasteiger partial charge in [-0.3, -0.25) is 0 Å². The molecular weight excluding hydrogens is 190 g/mol. The van der Waals surface area contributed by atoms with E-state index < -0.39 is 0 Å². The lowest BCUT2D eigenvalue weighted by atomic mass is 9.97. The number of methoxy groups -OCH3 is 1. The van der Waals surface area contributed by atoms with Gasteiger partial charge in [0, 0.05) is 7.11 Å². The fourth-order valence-corrected chi connectivity index (χ4v) is 1.86. The van der Waals surface area contributed by atoms with Crippen LogP contribution in [0.3, 0.4) is 0 Å². The molecule has 0 aliphatic rings. The Hall–Kier alpha value is -0.800. The number of likely N-dealkylation sites (N-methyl/N-ethyl adjacent to an activating group) is 1. The van der Waals surface area contributed by atoms with Gasteiger partial charge in [-0.2, -0.15) is 0 Å². The minimum absolute atomic E-state index is 0.134. The van der Waals surface area contributed by atoms with E-state index >= 15 is 0 Å². The largest absolute Gasteiger partial charge is 0.468 e. The van der Waals surface area contributed by atoms with Gasteiger partial charge >= 0.3 is 0 Å². The maximum Gasteiger partial charge on any atom is 0.123 e. The highest BCUT2D eigenvalue weighted by Crippen LogP contribution is 2.24. The highest BCUT2D eigenvalue weighted by molar-refractivity contribution is 5.07. The van der Waals surface area contributed by atoms with E-state index in [1.165, 1.54) is 0 Å². The first-order chi connectivity index (χ1) is 7.20. The second-order valence-electron chi connectivity index (χ2n) is 4.00. The van der Waals surface area contributed by atoms with Crippen LogP contribution in [0.25, 0.3) is 0 Å². The number of hydrogen-bond donors (Lipinski definition) is 1. The standard InChI is InChI=1S/C12H21NO2/c1-5-13-11(10-7-6-8-15-10)12(14-4)9(2)3/h6-9,11-13H,5H2,1-4H3. The molecule has 0 fully saturated rings. The summed E-state index contributed by atoms with van der Waals surface area (Å²) in [5.74, 6) is 1.39. The molecule has 2 unspecified atom stereocenters. The van der Waals surface area contributed by atoms with Crippen LogP contribution in [0, 0.1) is 5.92 Å². The molecule has 3 heteroatoms. The first-order valence-electron chi connectivity index (χ1n) is 5.50. The highest BCUT2D eigenvalue weighted by Gasteiger charge is 2.26. The molecule has 2 atom stereocenters. The second kappa shape index (κ2) is 5.93. The molecule has 0 amide bonds. The number of furan rings is 1. The van der Waals surface area contributed by atoms with Crippen LogP contribution in [0.5, 0.6) is 0 Å². The first-order valence-corrected chi connectivity index (χ1v) is 5.50. The van der Waals surface area contributed by atoms with E-state index in [0.29, 0.717) is 5.92 Å². The third-order valence-corrected chi connectivity index (χ3v) is 2.53. The third kappa shape index (κ3) is 3.08. The Morgan fingerprint density at radius 3 is 2.60 bits per heavy atom. The average molecular weight is 211 g/mol. The number of rotatable bonds is 6. The zero-order valence-corrected chi connectivity index (χ0v) is 9.99. The minimum atomic E-state index is 0.134. The van der Waals surface area contributed by atoms with Gasteiger partial charge in [0.2, 0.25) is 0 Å². The Morgan fingerprint density at radius 1 is 1.47 bits per heavy atom. The molecule has 15 heavy (non-hydrogen) atoms. The molecule has 0 aliphatic heterocycles. The number of hydrogen-bond acceptors (Lipinski definition) is 3. The summed E-state index contributed by atoms with van der Waals surface area (Å²) in [6.07, 6.45) is 1.84. The maximum absolute atomic E-state index is 5.53.